The fraction of sp³-hybridized carbons (Fsp3) is 0.273. The van der Waals surface area contributed by atoms with Crippen LogP contribution < -0.4 is 4.74 Å². The molecule has 1 aromatic carbocycles. The second-order valence-corrected chi connectivity index (χ2v) is 8.24. The molecule has 0 saturated carbocycles. The third kappa shape index (κ3) is 4.73. The number of ether oxygens (including phenoxy) is 2. The first-order valence-corrected chi connectivity index (χ1v) is 11.2. The molecule has 0 bridgehead atoms. The van der Waals surface area contributed by atoms with Gasteiger partial charge >= 0.3 is 5.16 Å². The molecule has 0 aliphatic heterocycles. The Morgan fingerprint density at radius 1 is 1.23 bits per heavy atom. The van der Waals surface area contributed by atoms with E-state index in [1.165, 1.54) is 6.07 Å². The molecule has 3 aromatic heterocycles. The zero-order valence-corrected chi connectivity index (χ0v) is 18.1. The summed E-state index contributed by atoms with van der Waals surface area (Å²) in [6.07, 6.45) is 5.15. The van der Waals surface area contributed by atoms with Crippen molar-refractivity contribution in [2.45, 2.75) is 24.8 Å². The van der Waals surface area contributed by atoms with Crippen LogP contribution in [-0.2, 0) is 21.7 Å². The van der Waals surface area contributed by atoms with Crippen molar-refractivity contribution < 1.29 is 18.4 Å². The van der Waals surface area contributed by atoms with E-state index >= 15 is 0 Å². The monoisotopic (exact) mass is 442 g/mol. The molecule has 0 amide bonds. The number of halogens is 1. The third-order valence-electron chi connectivity index (χ3n) is 4.84. The number of hydrogen-bond donors (Lipinski definition) is 1. The Kier molecular flexibility index (Phi) is 6.55. The highest BCUT2D eigenvalue weighted by Gasteiger charge is 2.21. The average Bonchev–Trinajstić information content (AvgIpc) is 3.42. The number of fused-ring (bicyclic) bond motifs is 1. The Morgan fingerprint density at radius 3 is 2.81 bits per heavy atom. The summed E-state index contributed by atoms with van der Waals surface area (Å²) in [7, 11) is 0. The van der Waals surface area contributed by atoms with Gasteiger partial charge in [-0.3, -0.25) is 9.97 Å². The zero-order valence-electron chi connectivity index (χ0n) is 17.3. The first-order chi connectivity index (χ1) is 15.1. The van der Waals surface area contributed by atoms with Crippen molar-refractivity contribution in [2.24, 2.45) is 0 Å². The van der Waals surface area contributed by atoms with Gasteiger partial charge in [-0.1, -0.05) is 0 Å². The number of rotatable bonds is 9. The molecule has 31 heavy (non-hydrogen) atoms. The van der Waals surface area contributed by atoms with Crippen LogP contribution in [0, 0.1) is 12.7 Å². The minimum atomic E-state index is -1.48. The summed E-state index contributed by atoms with van der Waals surface area (Å²) >= 11 is -1.48. The Balaban J connectivity index is 1.53. The second kappa shape index (κ2) is 9.51. The van der Waals surface area contributed by atoms with Gasteiger partial charge in [0, 0.05) is 48.0 Å². The molecule has 1 atom stereocenters. The highest BCUT2D eigenvalue weighted by molar-refractivity contribution is 7.90. The molecule has 0 saturated heterocycles. The summed E-state index contributed by atoms with van der Waals surface area (Å²) in [6, 6.07) is 8.42. The topological polar surface area (TPSA) is 88.0 Å². The van der Waals surface area contributed by atoms with Crippen molar-refractivity contribution >= 4 is 22.2 Å². The molecule has 0 spiro atoms. The Labute approximate surface area is 182 Å². The van der Waals surface area contributed by atoms with Crippen LogP contribution in [0.4, 0.5) is 4.39 Å². The maximum Gasteiger partial charge on any atom is 0.322 e. The van der Waals surface area contributed by atoms with E-state index in [2.05, 4.69) is 15.0 Å². The van der Waals surface area contributed by atoms with Crippen molar-refractivity contribution in [2.75, 3.05) is 19.8 Å². The summed E-state index contributed by atoms with van der Waals surface area (Å²) in [5.41, 5.74) is 2.91. The molecule has 0 aliphatic carbocycles. The van der Waals surface area contributed by atoms with Crippen molar-refractivity contribution in [3.8, 4) is 11.4 Å². The molecule has 9 heteroatoms. The minimum absolute atomic E-state index is 0.168. The first-order valence-electron chi connectivity index (χ1n) is 9.92. The highest BCUT2D eigenvalue weighted by Crippen LogP contribution is 2.26. The maximum atomic E-state index is 14.5. The van der Waals surface area contributed by atoms with Crippen LogP contribution in [0.25, 0.3) is 16.7 Å². The fourth-order valence-corrected chi connectivity index (χ4v) is 4.31. The van der Waals surface area contributed by atoms with Gasteiger partial charge in [-0.05, 0) is 38.1 Å². The van der Waals surface area contributed by atoms with Gasteiger partial charge < -0.3 is 18.6 Å². The van der Waals surface area contributed by atoms with E-state index in [4.69, 9.17) is 9.47 Å². The van der Waals surface area contributed by atoms with E-state index in [0.717, 1.165) is 5.56 Å². The van der Waals surface area contributed by atoms with Crippen LogP contribution in [0.5, 0.6) is 5.75 Å². The predicted octanol–water partition coefficient (Wildman–Crippen LogP) is 3.92. The molecule has 7 nitrogen and oxygen atoms in total. The molecule has 1 unspecified atom stereocenters. The number of benzene rings is 1. The fourth-order valence-electron chi connectivity index (χ4n) is 3.21. The average molecular weight is 443 g/mol. The van der Waals surface area contributed by atoms with Crippen molar-refractivity contribution in [3.05, 3.63) is 66.0 Å². The van der Waals surface area contributed by atoms with Crippen molar-refractivity contribution in [1.82, 2.24) is 19.5 Å². The lowest BCUT2D eigenvalue weighted by molar-refractivity contribution is 0.110. The zero-order chi connectivity index (χ0) is 21.8. The van der Waals surface area contributed by atoms with Crippen LogP contribution in [0.2, 0.25) is 0 Å². The van der Waals surface area contributed by atoms with Crippen LogP contribution in [0.3, 0.4) is 0 Å². The van der Waals surface area contributed by atoms with E-state index in [9.17, 15) is 8.94 Å². The van der Waals surface area contributed by atoms with Crippen molar-refractivity contribution in [3.63, 3.8) is 0 Å². The molecule has 4 aromatic rings. The number of nitrogens with zero attached hydrogens (tertiary/aromatic N) is 3. The lowest BCUT2D eigenvalue weighted by Crippen LogP contribution is -2.11. The summed E-state index contributed by atoms with van der Waals surface area (Å²) in [5, 5.41) is 0.280. The summed E-state index contributed by atoms with van der Waals surface area (Å²) in [6.45, 7) is 5.38. The largest absolute Gasteiger partial charge is 0.609 e. The van der Waals surface area contributed by atoms with Crippen LogP contribution >= 0.6 is 0 Å². The van der Waals surface area contributed by atoms with Gasteiger partial charge in [0.25, 0.3) is 0 Å². The van der Waals surface area contributed by atoms with Gasteiger partial charge in [-0.25, -0.2) is 4.39 Å². The number of H-pyrrole nitrogens is 1. The summed E-state index contributed by atoms with van der Waals surface area (Å²) < 4.78 is 40.2. The van der Waals surface area contributed by atoms with Gasteiger partial charge in [0.05, 0.1) is 29.0 Å². The molecular weight excluding hydrogens is 419 g/mol. The van der Waals surface area contributed by atoms with Gasteiger partial charge in [-0.15, -0.1) is 0 Å². The number of aromatic amines is 1. The normalized spacial score (nSPS) is 12.4. The lowest BCUT2D eigenvalue weighted by Gasteiger charge is -2.13. The van der Waals surface area contributed by atoms with E-state index in [1.807, 2.05) is 26.0 Å². The summed E-state index contributed by atoms with van der Waals surface area (Å²) in [5.74, 6) is 0.463. The molecule has 3 heterocycles. The second-order valence-electron chi connectivity index (χ2n) is 6.87. The Bertz CT molecular complexity index is 1160. The van der Waals surface area contributed by atoms with Crippen LogP contribution in [0.15, 0.2) is 54.1 Å². The number of hydrogen-bond acceptors (Lipinski definition) is 5. The SMILES string of the molecule is CCOCCOc1ccnc(C[S+]([O-])c2nc3cc(-n4cccc4)c(F)cc3[nH]2)c1C. The van der Waals surface area contributed by atoms with Gasteiger partial charge in [0.2, 0.25) is 0 Å². The highest BCUT2D eigenvalue weighted by atomic mass is 32.2. The number of aromatic nitrogens is 4. The van der Waals surface area contributed by atoms with Gasteiger partial charge in [-0.2, -0.15) is 4.98 Å². The quantitative estimate of drug-likeness (QED) is 0.314. The summed E-state index contributed by atoms with van der Waals surface area (Å²) in [4.78, 5) is 11.8. The van der Waals surface area contributed by atoms with E-state index in [-0.39, 0.29) is 16.7 Å². The Morgan fingerprint density at radius 2 is 2.03 bits per heavy atom. The van der Waals surface area contributed by atoms with E-state index < -0.39 is 11.2 Å². The molecular formula is C22H23FN4O3S. The van der Waals surface area contributed by atoms with E-state index in [1.54, 1.807) is 35.3 Å². The predicted molar refractivity (Wildman–Crippen MR) is 116 cm³/mol. The van der Waals surface area contributed by atoms with Crippen molar-refractivity contribution in [1.29, 1.82) is 0 Å². The molecule has 4 rings (SSSR count). The Hall–Kier alpha value is -2.88. The first kappa shape index (κ1) is 21.4. The van der Waals surface area contributed by atoms with E-state index in [0.29, 0.717) is 48.0 Å². The standard InChI is InChI=1S/C22H23FN4O3S/c1-3-29-10-11-30-21-6-7-24-19(15(21)2)14-31(28)22-25-17-12-16(23)20(13-18(17)26-22)27-8-4-5-9-27/h4-9,12-13H,3,10-11,14H2,1-2H3,(H,25,26). The molecule has 0 fully saturated rings. The number of nitrogens with one attached hydrogen (secondary N) is 1. The molecule has 0 radical (unpaired) electrons. The molecule has 162 valence electrons. The van der Waals surface area contributed by atoms with Crippen LogP contribution in [0.1, 0.15) is 18.2 Å². The third-order valence-corrected chi connectivity index (χ3v) is 6.00. The minimum Gasteiger partial charge on any atom is -0.609 e. The lowest BCUT2D eigenvalue weighted by atomic mass is 10.2. The molecule has 1 N–H and O–H groups in total. The smallest absolute Gasteiger partial charge is 0.322 e. The van der Waals surface area contributed by atoms with Crippen LogP contribution in [-0.4, -0.2) is 43.9 Å². The van der Waals surface area contributed by atoms with Gasteiger partial charge in [0.1, 0.15) is 18.2 Å². The molecule has 0 aliphatic rings. The van der Waals surface area contributed by atoms with Gasteiger partial charge in [0.15, 0.2) is 5.75 Å². The number of pyridine rings is 1. The maximum absolute atomic E-state index is 14.5. The number of imidazole rings is 1.